The van der Waals surface area contributed by atoms with Crippen LogP contribution in [0.25, 0.3) is 16.9 Å². The monoisotopic (exact) mass is 490 g/mol. The standard InChI is InChI=1S/C23H22ClF3N6O/c1-5-32-14(3)17(13(2)29-32)12-31(4)22(34)19-11-21-28-18(15-6-8-16(24)9-7-15)10-20(23(25,26)27)33(21)30-19/h6-11H,5,12H2,1-4H3. The van der Waals surface area contributed by atoms with E-state index < -0.39 is 17.8 Å². The number of nitrogens with zero attached hydrogens (tertiary/aromatic N) is 6. The molecule has 0 fully saturated rings. The van der Waals surface area contributed by atoms with Gasteiger partial charge in [0.15, 0.2) is 17.0 Å². The fourth-order valence-electron chi connectivity index (χ4n) is 3.82. The number of amides is 1. The minimum absolute atomic E-state index is 0.0808. The number of alkyl halides is 3. The first-order valence-electron chi connectivity index (χ1n) is 10.5. The first-order valence-corrected chi connectivity index (χ1v) is 10.9. The van der Waals surface area contributed by atoms with E-state index in [1.54, 1.807) is 31.3 Å². The van der Waals surface area contributed by atoms with Gasteiger partial charge in [-0.1, -0.05) is 23.7 Å². The molecule has 0 radical (unpaired) electrons. The Kier molecular flexibility index (Phi) is 6.11. The van der Waals surface area contributed by atoms with Crippen LogP contribution in [-0.2, 0) is 19.3 Å². The maximum atomic E-state index is 13.8. The van der Waals surface area contributed by atoms with Crippen LogP contribution in [0.2, 0.25) is 5.02 Å². The van der Waals surface area contributed by atoms with Crippen molar-refractivity contribution in [3.8, 4) is 11.3 Å². The Morgan fingerprint density at radius 2 is 1.79 bits per heavy atom. The van der Waals surface area contributed by atoms with Crippen LogP contribution in [0.15, 0.2) is 36.4 Å². The van der Waals surface area contributed by atoms with E-state index in [1.165, 1.54) is 11.0 Å². The van der Waals surface area contributed by atoms with Crippen molar-refractivity contribution in [1.82, 2.24) is 29.3 Å². The third kappa shape index (κ3) is 4.37. The second kappa shape index (κ2) is 8.75. The lowest BCUT2D eigenvalue weighted by atomic mass is 10.1. The normalized spacial score (nSPS) is 11.9. The van der Waals surface area contributed by atoms with E-state index in [1.807, 2.05) is 25.5 Å². The molecule has 1 amide bonds. The van der Waals surface area contributed by atoms with Crippen molar-refractivity contribution >= 4 is 23.2 Å². The number of benzene rings is 1. The number of fused-ring (bicyclic) bond motifs is 1. The maximum Gasteiger partial charge on any atom is 0.433 e. The first-order chi connectivity index (χ1) is 16.0. The molecule has 3 heterocycles. The first kappa shape index (κ1) is 23.7. The highest BCUT2D eigenvalue weighted by Gasteiger charge is 2.36. The Hall–Kier alpha value is -3.40. The van der Waals surface area contributed by atoms with Gasteiger partial charge in [0.2, 0.25) is 0 Å². The largest absolute Gasteiger partial charge is 0.433 e. The second-order valence-electron chi connectivity index (χ2n) is 7.96. The van der Waals surface area contributed by atoms with Crippen LogP contribution in [0, 0.1) is 13.8 Å². The van der Waals surface area contributed by atoms with E-state index in [4.69, 9.17) is 11.6 Å². The van der Waals surface area contributed by atoms with Crippen molar-refractivity contribution in [2.45, 2.75) is 40.0 Å². The van der Waals surface area contributed by atoms with Crippen LogP contribution in [0.3, 0.4) is 0 Å². The van der Waals surface area contributed by atoms with Gasteiger partial charge in [0.1, 0.15) is 0 Å². The van der Waals surface area contributed by atoms with Gasteiger partial charge in [-0.15, -0.1) is 0 Å². The number of carbonyl (C=O) groups is 1. The molecule has 0 aliphatic carbocycles. The molecule has 11 heteroatoms. The lowest BCUT2D eigenvalue weighted by Crippen LogP contribution is -2.27. The van der Waals surface area contributed by atoms with Gasteiger partial charge in [-0.05, 0) is 39.0 Å². The molecule has 4 aromatic rings. The summed E-state index contributed by atoms with van der Waals surface area (Å²) in [6, 6.07) is 8.48. The van der Waals surface area contributed by atoms with E-state index >= 15 is 0 Å². The Labute approximate surface area is 198 Å². The van der Waals surface area contributed by atoms with E-state index in [0.29, 0.717) is 21.6 Å². The zero-order valence-corrected chi connectivity index (χ0v) is 19.7. The number of rotatable bonds is 5. The number of carbonyl (C=O) groups excluding carboxylic acids is 1. The fraction of sp³-hybridized carbons (Fsp3) is 0.304. The van der Waals surface area contributed by atoms with Crippen LogP contribution < -0.4 is 0 Å². The summed E-state index contributed by atoms with van der Waals surface area (Å²) in [6.45, 7) is 6.69. The molecule has 4 rings (SSSR count). The van der Waals surface area contributed by atoms with Crippen molar-refractivity contribution in [3.05, 3.63) is 69.8 Å². The molecular weight excluding hydrogens is 469 g/mol. The SMILES string of the molecule is CCn1nc(C)c(CN(C)C(=O)c2cc3nc(-c4ccc(Cl)cc4)cc(C(F)(F)F)n3n2)c1C. The molecule has 7 nitrogen and oxygen atoms in total. The lowest BCUT2D eigenvalue weighted by molar-refractivity contribution is -0.142. The lowest BCUT2D eigenvalue weighted by Gasteiger charge is -2.16. The summed E-state index contributed by atoms with van der Waals surface area (Å²) in [4.78, 5) is 18.8. The smallest absolute Gasteiger partial charge is 0.336 e. The summed E-state index contributed by atoms with van der Waals surface area (Å²) in [6.07, 6.45) is -4.70. The molecule has 0 unspecified atom stereocenters. The minimum atomic E-state index is -4.70. The third-order valence-electron chi connectivity index (χ3n) is 5.65. The zero-order valence-electron chi connectivity index (χ0n) is 19.0. The summed E-state index contributed by atoms with van der Waals surface area (Å²) in [5.74, 6) is -0.519. The topological polar surface area (TPSA) is 68.3 Å². The van der Waals surface area contributed by atoms with Crippen LogP contribution >= 0.6 is 11.6 Å². The highest BCUT2D eigenvalue weighted by atomic mass is 35.5. The number of aromatic nitrogens is 5. The molecular formula is C23H22ClF3N6O. The van der Waals surface area contributed by atoms with E-state index in [2.05, 4.69) is 15.2 Å². The van der Waals surface area contributed by atoms with Crippen LogP contribution in [-0.4, -0.2) is 42.2 Å². The molecule has 0 atom stereocenters. The van der Waals surface area contributed by atoms with Crippen molar-refractivity contribution in [3.63, 3.8) is 0 Å². The van der Waals surface area contributed by atoms with Gasteiger partial charge in [-0.25, -0.2) is 9.50 Å². The van der Waals surface area contributed by atoms with Gasteiger partial charge >= 0.3 is 6.18 Å². The maximum absolute atomic E-state index is 13.8. The average Bonchev–Trinajstić information content (AvgIpc) is 3.33. The molecule has 34 heavy (non-hydrogen) atoms. The van der Waals surface area contributed by atoms with E-state index in [0.717, 1.165) is 23.0 Å². The number of aryl methyl sites for hydroxylation is 2. The van der Waals surface area contributed by atoms with Gasteiger partial charge in [0, 0.05) is 48.0 Å². The number of hydrogen-bond donors (Lipinski definition) is 0. The van der Waals surface area contributed by atoms with Gasteiger partial charge < -0.3 is 4.90 Å². The van der Waals surface area contributed by atoms with E-state index in [9.17, 15) is 18.0 Å². The Bertz CT molecular complexity index is 1370. The quantitative estimate of drug-likeness (QED) is 0.387. The molecule has 0 bridgehead atoms. The zero-order chi connectivity index (χ0) is 24.8. The van der Waals surface area contributed by atoms with Crippen LogP contribution in [0.5, 0.6) is 0 Å². The van der Waals surface area contributed by atoms with Crippen LogP contribution in [0.4, 0.5) is 13.2 Å². The molecule has 0 saturated carbocycles. The van der Waals surface area contributed by atoms with Crippen molar-refractivity contribution in [2.75, 3.05) is 7.05 Å². The Morgan fingerprint density at radius 3 is 2.38 bits per heavy atom. The predicted octanol–water partition coefficient (Wildman–Crippen LogP) is 5.17. The molecule has 0 saturated heterocycles. The van der Waals surface area contributed by atoms with Crippen molar-refractivity contribution in [1.29, 1.82) is 0 Å². The number of hydrogen-bond acceptors (Lipinski definition) is 4. The highest BCUT2D eigenvalue weighted by Crippen LogP contribution is 2.32. The van der Waals surface area contributed by atoms with Gasteiger partial charge in [-0.2, -0.15) is 23.4 Å². The van der Waals surface area contributed by atoms with Gasteiger partial charge in [0.25, 0.3) is 5.91 Å². The predicted molar refractivity (Wildman–Crippen MR) is 122 cm³/mol. The van der Waals surface area contributed by atoms with Gasteiger partial charge in [-0.3, -0.25) is 9.48 Å². The summed E-state index contributed by atoms with van der Waals surface area (Å²) in [5.41, 5.74) is 1.94. The summed E-state index contributed by atoms with van der Waals surface area (Å²) in [5, 5.41) is 8.86. The number of halogens is 4. The van der Waals surface area contributed by atoms with Crippen molar-refractivity contribution in [2.24, 2.45) is 0 Å². The summed E-state index contributed by atoms with van der Waals surface area (Å²) < 4.78 is 44.0. The molecule has 0 N–H and O–H groups in total. The summed E-state index contributed by atoms with van der Waals surface area (Å²) in [7, 11) is 1.58. The Morgan fingerprint density at radius 1 is 1.12 bits per heavy atom. The minimum Gasteiger partial charge on any atom is -0.336 e. The van der Waals surface area contributed by atoms with Gasteiger partial charge in [0.05, 0.1) is 11.4 Å². The molecule has 0 aliphatic heterocycles. The molecule has 3 aromatic heterocycles. The average molecular weight is 491 g/mol. The molecule has 0 spiro atoms. The van der Waals surface area contributed by atoms with E-state index in [-0.39, 0.29) is 23.6 Å². The van der Waals surface area contributed by atoms with Crippen molar-refractivity contribution < 1.29 is 18.0 Å². The van der Waals surface area contributed by atoms with Crippen LogP contribution in [0.1, 0.15) is 40.1 Å². The molecule has 0 aliphatic rings. The highest BCUT2D eigenvalue weighted by molar-refractivity contribution is 6.30. The third-order valence-corrected chi connectivity index (χ3v) is 5.90. The molecule has 178 valence electrons. The summed E-state index contributed by atoms with van der Waals surface area (Å²) >= 11 is 5.89. The molecule has 1 aromatic carbocycles. The second-order valence-corrected chi connectivity index (χ2v) is 8.39. The Balaban J connectivity index is 1.73. The fourth-order valence-corrected chi connectivity index (χ4v) is 3.95.